The summed E-state index contributed by atoms with van der Waals surface area (Å²) in [5, 5.41) is 1.58. The molecule has 1 N–H and O–H groups in total. The first-order chi connectivity index (χ1) is 7.80. The van der Waals surface area contributed by atoms with Crippen molar-refractivity contribution < 1.29 is 22.8 Å². The van der Waals surface area contributed by atoms with Crippen LogP contribution in [0.1, 0.15) is 19.8 Å². The van der Waals surface area contributed by atoms with Crippen LogP contribution in [0.4, 0.5) is 13.2 Å². The average molecular weight is 252 g/mol. The van der Waals surface area contributed by atoms with Gasteiger partial charge in [0.05, 0.1) is 6.54 Å². The standard InChI is InChI=1S/C10H15F3N2O2/c1-7-2-4-15(5-3-7)8(16)6-14-9(17)10(11,12)13/h7H,2-6H2,1H3,(H,14,17). The molecular weight excluding hydrogens is 237 g/mol. The fraction of sp³-hybridized carbons (Fsp3) is 0.800. The lowest BCUT2D eigenvalue weighted by Gasteiger charge is -2.30. The Bertz CT molecular complexity index is 296. The number of piperidine rings is 1. The Hall–Kier alpha value is -1.27. The first-order valence-electron chi connectivity index (χ1n) is 5.43. The van der Waals surface area contributed by atoms with Gasteiger partial charge in [-0.05, 0) is 18.8 Å². The molecule has 1 aliphatic heterocycles. The Labute approximate surface area is 97.1 Å². The van der Waals surface area contributed by atoms with Gasteiger partial charge in [0, 0.05) is 13.1 Å². The maximum absolute atomic E-state index is 11.9. The number of carbonyl (C=O) groups is 2. The predicted molar refractivity (Wildman–Crippen MR) is 54.0 cm³/mol. The van der Waals surface area contributed by atoms with E-state index in [0.717, 1.165) is 12.8 Å². The van der Waals surface area contributed by atoms with E-state index in [4.69, 9.17) is 0 Å². The van der Waals surface area contributed by atoms with Crippen LogP contribution in [0, 0.1) is 5.92 Å². The Kier molecular flexibility index (Phi) is 4.36. The number of amides is 2. The summed E-state index contributed by atoms with van der Waals surface area (Å²) in [7, 11) is 0. The van der Waals surface area contributed by atoms with Crippen LogP contribution in [0.5, 0.6) is 0 Å². The monoisotopic (exact) mass is 252 g/mol. The lowest BCUT2D eigenvalue weighted by atomic mass is 9.99. The largest absolute Gasteiger partial charge is 0.471 e. The SMILES string of the molecule is CC1CCN(C(=O)CNC(=O)C(F)(F)F)CC1. The first kappa shape index (κ1) is 13.8. The van der Waals surface area contributed by atoms with Crippen molar-refractivity contribution in [1.29, 1.82) is 0 Å². The van der Waals surface area contributed by atoms with Crippen LogP contribution in [0.3, 0.4) is 0 Å². The van der Waals surface area contributed by atoms with E-state index < -0.39 is 24.5 Å². The van der Waals surface area contributed by atoms with Crippen LogP contribution in [0.2, 0.25) is 0 Å². The molecule has 0 bridgehead atoms. The molecule has 98 valence electrons. The van der Waals surface area contributed by atoms with Gasteiger partial charge in [0.1, 0.15) is 0 Å². The van der Waals surface area contributed by atoms with Gasteiger partial charge in [0.15, 0.2) is 0 Å². The van der Waals surface area contributed by atoms with E-state index in [2.05, 4.69) is 6.92 Å². The molecule has 1 aliphatic rings. The van der Waals surface area contributed by atoms with E-state index in [1.807, 2.05) is 0 Å². The molecule has 0 unspecified atom stereocenters. The second-order valence-electron chi connectivity index (χ2n) is 4.24. The van der Waals surface area contributed by atoms with E-state index in [1.54, 1.807) is 5.32 Å². The van der Waals surface area contributed by atoms with E-state index in [9.17, 15) is 22.8 Å². The number of nitrogens with one attached hydrogen (secondary N) is 1. The molecule has 0 saturated carbocycles. The number of nitrogens with zero attached hydrogens (tertiary/aromatic N) is 1. The molecule has 0 radical (unpaired) electrons. The lowest BCUT2D eigenvalue weighted by Crippen LogP contribution is -2.46. The highest BCUT2D eigenvalue weighted by molar-refractivity contribution is 5.87. The van der Waals surface area contributed by atoms with Crippen LogP contribution in [0.15, 0.2) is 0 Å². The van der Waals surface area contributed by atoms with E-state index >= 15 is 0 Å². The zero-order valence-electron chi connectivity index (χ0n) is 9.51. The molecular formula is C10H15F3N2O2. The van der Waals surface area contributed by atoms with Crippen LogP contribution < -0.4 is 5.32 Å². The van der Waals surface area contributed by atoms with Crippen molar-refractivity contribution in [1.82, 2.24) is 10.2 Å². The van der Waals surface area contributed by atoms with Crippen molar-refractivity contribution in [3.8, 4) is 0 Å². The summed E-state index contributed by atoms with van der Waals surface area (Å²) in [5.41, 5.74) is 0. The van der Waals surface area contributed by atoms with Gasteiger partial charge in [0.25, 0.3) is 0 Å². The van der Waals surface area contributed by atoms with Crippen LogP contribution >= 0.6 is 0 Å². The molecule has 1 heterocycles. The Morgan fingerprint density at radius 1 is 1.29 bits per heavy atom. The zero-order chi connectivity index (χ0) is 13.1. The molecule has 0 aromatic rings. The van der Waals surface area contributed by atoms with Crippen LogP contribution in [0.25, 0.3) is 0 Å². The van der Waals surface area contributed by atoms with Gasteiger partial charge in [-0.2, -0.15) is 13.2 Å². The van der Waals surface area contributed by atoms with E-state index in [-0.39, 0.29) is 0 Å². The number of rotatable bonds is 2. The Morgan fingerprint density at radius 3 is 2.29 bits per heavy atom. The Balaban J connectivity index is 2.33. The Morgan fingerprint density at radius 2 is 1.82 bits per heavy atom. The topological polar surface area (TPSA) is 49.4 Å². The maximum atomic E-state index is 11.9. The minimum atomic E-state index is -4.93. The van der Waals surface area contributed by atoms with Gasteiger partial charge in [-0.1, -0.05) is 6.92 Å². The zero-order valence-corrected chi connectivity index (χ0v) is 9.51. The highest BCUT2D eigenvalue weighted by Crippen LogP contribution is 2.16. The van der Waals surface area contributed by atoms with Crippen molar-refractivity contribution >= 4 is 11.8 Å². The summed E-state index contributed by atoms with van der Waals surface area (Å²) in [4.78, 5) is 23.5. The highest BCUT2D eigenvalue weighted by Gasteiger charge is 2.38. The number of alkyl halides is 3. The summed E-state index contributed by atoms with van der Waals surface area (Å²) < 4.78 is 35.6. The maximum Gasteiger partial charge on any atom is 0.471 e. The fourth-order valence-electron chi connectivity index (χ4n) is 1.63. The second kappa shape index (κ2) is 5.37. The predicted octanol–water partition coefficient (Wildman–Crippen LogP) is 0.923. The van der Waals surface area contributed by atoms with Crippen molar-refractivity contribution in [2.75, 3.05) is 19.6 Å². The van der Waals surface area contributed by atoms with Crippen molar-refractivity contribution in [3.63, 3.8) is 0 Å². The molecule has 0 aromatic carbocycles. The van der Waals surface area contributed by atoms with Crippen LogP contribution in [-0.2, 0) is 9.59 Å². The first-order valence-corrected chi connectivity index (χ1v) is 5.43. The lowest BCUT2D eigenvalue weighted by molar-refractivity contribution is -0.174. The molecule has 2 amide bonds. The fourth-order valence-corrected chi connectivity index (χ4v) is 1.63. The summed E-state index contributed by atoms with van der Waals surface area (Å²) >= 11 is 0. The molecule has 0 atom stereocenters. The van der Waals surface area contributed by atoms with Gasteiger partial charge >= 0.3 is 12.1 Å². The normalized spacial score (nSPS) is 18.0. The van der Waals surface area contributed by atoms with Gasteiger partial charge in [-0.15, -0.1) is 0 Å². The summed E-state index contributed by atoms with van der Waals surface area (Å²) in [6.45, 7) is 2.56. The molecule has 7 heteroatoms. The summed E-state index contributed by atoms with van der Waals surface area (Å²) in [6, 6.07) is 0. The molecule has 0 aromatic heterocycles. The molecule has 0 aliphatic carbocycles. The van der Waals surface area contributed by atoms with Gasteiger partial charge in [-0.25, -0.2) is 0 Å². The third-order valence-electron chi connectivity index (χ3n) is 2.79. The van der Waals surface area contributed by atoms with Crippen molar-refractivity contribution in [2.24, 2.45) is 5.92 Å². The number of hydrogen-bond acceptors (Lipinski definition) is 2. The van der Waals surface area contributed by atoms with Crippen LogP contribution in [-0.4, -0.2) is 42.5 Å². The number of likely N-dealkylation sites (tertiary alicyclic amines) is 1. The molecule has 0 spiro atoms. The number of hydrogen-bond donors (Lipinski definition) is 1. The minimum Gasteiger partial charge on any atom is -0.341 e. The highest BCUT2D eigenvalue weighted by atomic mass is 19.4. The number of halogens is 3. The second-order valence-corrected chi connectivity index (χ2v) is 4.24. The van der Waals surface area contributed by atoms with Crippen molar-refractivity contribution in [2.45, 2.75) is 25.9 Å². The summed E-state index contributed by atoms with van der Waals surface area (Å²) in [5.74, 6) is -2.01. The molecule has 1 rings (SSSR count). The van der Waals surface area contributed by atoms with E-state index in [1.165, 1.54) is 4.90 Å². The molecule has 1 fully saturated rings. The van der Waals surface area contributed by atoms with E-state index in [0.29, 0.717) is 19.0 Å². The van der Waals surface area contributed by atoms with Gasteiger partial charge in [-0.3, -0.25) is 9.59 Å². The van der Waals surface area contributed by atoms with Gasteiger partial charge < -0.3 is 10.2 Å². The quantitative estimate of drug-likeness (QED) is 0.794. The van der Waals surface area contributed by atoms with Gasteiger partial charge in [0.2, 0.25) is 5.91 Å². The minimum absolute atomic E-state index is 0.463. The molecule has 1 saturated heterocycles. The third-order valence-corrected chi connectivity index (χ3v) is 2.79. The number of carbonyl (C=O) groups excluding carboxylic acids is 2. The van der Waals surface area contributed by atoms with Crippen molar-refractivity contribution in [3.05, 3.63) is 0 Å². The smallest absolute Gasteiger partial charge is 0.341 e. The molecule has 4 nitrogen and oxygen atoms in total. The molecule has 17 heavy (non-hydrogen) atoms. The third kappa shape index (κ3) is 4.24. The average Bonchev–Trinajstić information content (AvgIpc) is 2.25. The summed E-state index contributed by atoms with van der Waals surface area (Å²) in [6.07, 6.45) is -3.24.